The summed E-state index contributed by atoms with van der Waals surface area (Å²) in [5.41, 5.74) is 1.30. The highest BCUT2D eigenvalue weighted by molar-refractivity contribution is 5.51. The third kappa shape index (κ3) is 6.41. The molecule has 0 saturated carbocycles. The van der Waals surface area contributed by atoms with E-state index in [-0.39, 0.29) is 0 Å². The van der Waals surface area contributed by atoms with Crippen LogP contribution in [0.4, 0.5) is 5.69 Å². The van der Waals surface area contributed by atoms with E-state index in [2.05, 4.69) is 73.3 Å². The SMILES string of the molecule is CCCCCCCCCCCN1C=CN(c2ccccc2)C1C(C)C. The van der Waals surface area contributed by atoms with E-state index in [4.69, 9.17) is 0 Å². The number of para-hydroxylation sites is 1. The fraction of sp³-hybridized carbons (Fsp3) is 0.652. The lowest BCUT2D eigenvalue weighted by atomic mass is 10.1. The van der Waals surface area contributed by atoms with Gasteiger partial charge in [0.25, 0.3) is 0 Å². The first kappa shape index (κ1) is 19.9. The number of hydrogen-bond acceptors (Lipinski definition) is 2. The lowest BCUT2D eigenvalue weighted by molar-refractivity contribution is 0.237. The lowest BCUT2D eigenvalue weighted by Gasteiger charge is -2.35. The fourth-order valence-corrected chi connectivity index (χ4v) is 3.85. The summed E-state index contributed by atoms with van der Waals surface area (Å²) in [5.74, 6) is 0.605. The molecule has 1 aliphatic heterocycles. The minimum absolute atomic E-state index is 0.455. The molecule has 1 aromatic carbocycles. The Morgan fingerprint density at radius 2 is 1.40 bits per heavy atom. The van der Waals surface area contributed by atoms with Gasteiger partial charge in [0.05, 0.1) is 0 Å². The van der Waals surface area contributed by atoms with Crippen molar-refractivity contribution in [2.75, 3.05) is 11.4 Å². The molecule has 0 N–H and O–H groups in total. The van der Waals surface area contributed by atoms with Gasteiger partial charge < -0.3 is 9.80 Å². The summed E-state index contributed by atoms with van der Waals surface area (Å²) in [6.45, 7) is 8.13. The van der Waals surface area contributed by atoms with Crippen LogP contribution in [-0.4, -0.2) is 17.6 Å². The Labute approximate surface area is 155 Å². The molecule has 25 heavy (non-hydrogen) atoms. The van der Waals surface area contributed by atoms with E-state index in [1.165, 1.54) is 70.0 Å². The van der Waals surface area contributed by atoms with Gasteiger partial charge in [0.1, 0.15) is 6.17 Å². The van der Waals surface area contributed by atoms with Gasteiger partial charge in [-0.25, -0.2) is 0 Å². The van der Waals surface area contributed by atoms with Crippen molar-refractivity contribution in [3.05, 3.63) is 42.7 Å². The molecule has 1 atom stereocenters. The van der Waals surface area contributed by atoms with E-state index in [1.54, 1.807) is 0 Å². The Bertz CT molecular complexity index is 480. The molecule has 0 bridgehead atoms. The molecular formula is C23H38N2. The average molecular weight is 343 g/mol. The molecular weight excluding hydrogens is 304 g/mol. The first-order valence-electron chi connectivity index (χ1n) is 10.5. The molecule has 0 aliphatic carbocycles. The summed E-state index contributed by atoms with van der Waals surface area (Å²) in [5, 5.41) is 0. The fourth-order valence-electron chi connectivity index (χ4n) is 3.85. The number of nitrogens with zero attached hydrogens (tertiary/aromatic N) is 2. The Morgan fingerprint density at radius 1 is 0.800 bits per heavy atom. The maximum atomic E-state index is 2.54. The summed E-state index contributed by atoms with van der Waals surface area (Å²) >= 11 is 0. The van der Waals surface area contributed by atoms with Crippen LogP contribution in [-0.2, 0) is 0 Å². The van der Waals surface area contributed by atoms with Crippen molar-refractivity contribution < 1.29 is 0 Å². The van der Waals surface area contributed by atoms with Crippen molar-refractivity contribution in [2.45, 2.75) is 84.7 Å². The number of benzene rings is 1. The highest BCUT2D eigenvalue weighted by atomic mass is 15.4. The zero-order valence-electron chi connectivity index (χ0n) is 16.7. The van der Waals surface area contributed by atoms with Gasteiger partial charge >= 0.3 is 0 Å². The van der Waals surface area contributed by atoms with Crippen LogP contribution in [0.5, 0.6) is 0 Å². The van der Waals surface area contributed by atoms with Gasteiger partial charge in [0.2, 0.25) is 0 Å². The topological polar surface area (TPSA) is 6.48 Å². The zero-order chi connectivity index (χ0) is 17.9. The molecule has 2 rings (SSSR count). The van der Waals surface area contributed by atoms with Crippen LogP contribution in [0.2, 0.25) is 0 Å². The molecule has 1 unspecified atom stereocenters. The van der Waals surface area contributed by atoms with Gasteiger partial charge in [-0.15, -0.1) is 0 Å². The summed E-state index contributed by atoms with van der Waals surface area (Å²) in [4.78, 5) is 4.97. The van der Waals surface area contributed by atoms with Gasteiger partial charge in [-0.1, -0.05) is 90.3 Å². The standard InChI is InChI=1S/C23H38N2/c1-4-5-6-7-8-9-10-11-15-18-24-19-20-25(23(24)21(2)3)22-16-13-12-14-17-22/h12-14,16-17,19-21,23H,4-11,15,18H2,1-3H3. The van der Waals surface area contributed by atoms with E-state index >= 15 is 0 Å². The second kappa shape index (κ2) is 11.2. The smallest absolute Gasteiger partial charge is 0.108 e. The largest absolute Gasteiger partial charge is 0.355 e. The molecule has 0 spiro atoms. The summed E-state index contributed by atoms with van der Waals surface area (Å²) < 4.78 is 0. The van der Waals surface area contributed by atoms with Gasteiger partial charge in [0, 0.05) is 24.6 Å². The van der Waals surface area contributed by atoms with Crippen molar-refractivity contribution in [3.63, 3.8) is 0 Å². The molecule has 0 amide bonds. The van der Waals surface area contributed by atoms with E-state index in [0.717, 1.165) is 0 Å². The predicted molar refractivity (Wildman–Crippen MR) is 111 cm³/mol. The van der Waals surface area contributed by atoms with Gasteiger partial charge in [0.15, 0.2) is 0 Å². The molecule has 1 aliphatic rings. The molecule has 2 heteroatoms. The average Bonchev–Trinajstić information content (AvgIpc) is 3.05. The monoisotopic (exact) mass is 342 g/mol. The second-order valence-corrected chi connectivity index (χ2v) is 7.76. The maximum Gasteiger partial charge on any atom is 0.108 e. The Kier molecular flexibility index (Phi) is 8.93. The molecule has 1 heterocycles. The Morgan fingerprint density at radius 3 is 2.00 bits per heavy atom. The van der Waals surface area contributed by atoms with Crippen molar-refractivity contribution in [1.82, 2.24) is 4.90 Å². The molecule has 0 radical (unpaired) electrons. The third-order valence-electron chi connectivity index (χ3n) is 5.21. The minimum atomic E-state index is 0.455. The molecule has 0 aromatic heterocycles. The van der Waals surface area contributed by atoms with Crippen LogP contribution in [0.1, 0.15) is 78.6 Å². The van der Waals surface area contributed by atoms with Crippen molar-refractivity contribution >= 4 is 5.69 Å². The van der Waals surface area contributed by atoms with E-state index in [9.17, 15) is 0 Å². The highest BCUT2D eigenvalue weighted by Crippen LogP contribution is 2.29. The molecule has 1 aromatic rings. The summed E-state index contributed by atoms with van der Waals surface area (Å²) in [6, 6.07) is 10.8. The van der Waals surface area contributed by atoms with Gasteiger partial charge in [-0.05, 0) is 24.5 Å². The van der Waals surface area contributed by atoms with Crippen LogP contribution in [0, 0.1) is 5.92 Å². The van der Waals surface area contributed by atoms with Crippen LogP contribution in [0.15, 0.2) is 42.7 Å². The second-order valence-electron chi connectivity index (χ2n) is 7.76. The number of unbranched alkanes of at least 4 members (excludes halogenated alkanes) is 8. The Hall–Kier alpha value is -1.44. The van der Waals surface area contributed by atoms with Crippen molar-refractivity contribution in [1.29, 1.82) is 0 Å². The third-order valence-corrected chi connectivity index (χ3v) is 5.21. The van der Waals surface area contributed by atoms with Gasteiger partial charge in [-0.2, -0.15) is 0 Å². The maximum absolute atomic E-state index is 2.54. The normalized spacial score (nSPS) is 17.0. The van der Waals surface area contributed by atoms with Crippen molar-refractivity contribution in [2.24, 2.45) is 5.92 Å². The molecule has 140 valence electrons. The molecule has 0 fully saturated rings. The van der Waals surface area contributed by atoms with E-state index < -0.39 is 0 Å². The van der Waals surface area contributed by atoms with Crippen LogP contribution >= 0.6 is 0 Å². The van der Waals surface area contributed by atoms with Crippen molar-refractivity contribution in [3.8, 4) is 0 Å². The first-order chi connectivity index (χ1) is 12.2. The van der Waals surface area contributed by atoms with Crippen LogP contribution < -0.4 is 4.90 Å². The minimum Gasteiger partial charge on any atom is -0.355 e. The van der Waals surface area contributed by atoms with Crippen LogP contribution in [0.25, 0.3) is 0 Å². The predicted octanol–water partition coefficient (Wildman–Crippen LogP) is 6.79. The molecule has 0 saturated heterocycles. The first-order valence-corrected chi connectivity index (χ1v) is 10.5. The summed E-state index contributed by atoms with van der Waals surface area (Å²) in [6.07, 6.45) is 17.6. The number of anilines is 1. The quantitative estimate of drug-likeness (QED) is 0.386. The number of hydrogen-bond donors (Lipinski definition) is 0. The van der Waals surface area contributed by atoms with E-state index in [0.29, 0.717) is 12.1 Å². The Balaban J connectivity index is 1.69. The van der Waals surface area contributed by atoms with E-state index in [1.807, 2.05) is 0 Å². The van der Waals surface area contributed by atoms with Gasteiger partial charge in [-0.3, -0.25) is 0 Å². The lowest BCUT2D eigenvalue weighted by Crippen LogP contribution is -2.43. The number of rotatable bonds is 12. The highest BCUT2D eigenvalue weighted by Gasteiger charge is 2.29. The molecule has 2 nitrogen and oxygen atoms in total. The van der Waals surface area contributed by atoms with Crippen LogP contribution in [0.3, 0.4) is 0 Å². The summed E-state index contributed by atoms with van der Waals surface area (Å²) in [7, 11) is 0. The zero-order valence-corrected chi connectivity index (χ0v) is 16.7.